The fourth-order valence-electron chi connectivity index (χ4n) is 13.8. The van der Waals surface area contributed by atoms with E-state index in [-0.39, 0.29) is 26.0 Å². The van der Waals surface area contributed by atoms with Gasteiger partial charge in [0.1, 0.15) is 0 Å². The molecule has 0 aliphatic rings. The van der Waals surface area contributed by atoms with Crippen LogP contribution in [0.25, 0.3) is 133 Å². The molecule has 0 bridgehead atoms. The van der Waals surface area contributed by atoms with Gasteiger partial charge in [0.05, 0.1) is 11.0 Å². The molecule has 0 radical (unpaired) electrons. The van der Waals surface area contributed by atoms with Crippen molar-refractivity contribution < 1.29 is 24.9 Å². The molecule has 0 aliphatic heterocycles. The Balaban J connectivity index is 0.00000864. The summed E-state index contributed by atoms with van der Waals surface area (Å²) < 4.78 is 0. The van der Waals surface area contributed by atoms with Gasteiger partial charge in [-0.15, -0.1) is 71.3 Å². The summed E-state index contributed by atoms with van der Waals surface area (Å²) in [6, 6.07) is 103. The number of fused-ring (bicyclic) bond motifs is 2. The van der Waals surface area contributed by atoms with Crippen molar-refractivity contribution >= 4 is 33.4 Å². The molecule has 11 aromatic carbocycles. The van der Waals surface area contributed by atoms with Gasteiger partial charge in [0.2, 0.25) is 5.91 Å². The molecule has 0 fully saturated rings. The molecule has 0 atom stereocenters. The topological polar surface area (TPSA) is 59.0 Å². The van der Waals surface area contributed by atoms with Gasteiger partial charge < -0.3 is 9.88 Å². The Labute approximate surface area is 591 Å². The molecule has 0 aliphatic carbocycles. The summed E-state index contributed by atoms with van der Waals surface area (Å²) in [5, 5.41) is 2.18. The number of hydrogen-bond donors (Lipinski definition) is 0. The summed E-state index contributed by atoms with van der Waals surface area (Å²) in [6.07, 6.45) is 4.65. The Morgan fingerprint density at radius 2 is 0.816 bits per heavy atom. The van der Waals surface area contributed by atoms with Crippen LogP contribution < -0.4 is 4.90 Å². The fourth-order valence-corrected chi connectivity index (χ4v) is 13.8. The molecule has 0 saturated carbocycles. The van der Waals surface area contributed by atoms with E-state index in [1.165, 1.54) is 16.7 Å². The number of hydrogen-bond acceptors (Lipinski definition) is 4. The van der Waals surface area contributed by atoms with Gasteiger partial charge in [-0.1, -0.05) is 274 Å². The van der Waals surface area contributed by atoms with Crippen molar-refractivity contribution in [3.8, 4) is 112 Å². The van der Waals surface area contributed by atoms with Gasteiger partial charge in [-0.05, 0) is 170 Å². The van der Waals surface area contributed by atoms with E-state index in [9.17, 15) is 0 Å². The number of aromatic nitrogens is 3. The van der Waals surface area contributed by atoms with Gasteiger partial charge in [-0.2, -0.15) is 0 Å². The van der Waals surface area contributed by atoms with E-state index in [0.717, 1.165) is 164 Å². The standard InChI is InChI=1S/C92H77N4O.Ir/c1-59(2)47-63-22-17-27-68(50-63)83-56-71(88-43-38-66-25-9-15-34-86(66)94-88)36-41-81(83)79-32-13-11-30-77(79)74-53-75(55-76(54-74)92(97)96(8)90-45-40-73(91-62(7)21-20-46-93-91)58-85(90)70-29-19-24-65(52-70)49-61(5)6)78-31-12-14-33-80(78)82-42-37-72(89-44-39-67-26-10-16-35-87(67)95-89)57-84(82)69-28-18-23-64(51-69)48-60(3)4;/h9-35,38-39,41-46,50-61H,47-49H2,1-8H3;/q-3;+3. The van der Waals surface area contributed by atoms with Crippen molar-refractivity contribution in [2.24, 2.45) is 17.8 Å². The maximum Gasteiger partial charge on any atom is 3.00 e. The molecule has 98 heavy (non-hydrogen) atoms. The maximum absolute atomic E-state index is 16.3. The van der Waals surface area contributed by atoms with Crippen LogP contribution in [-0.2, 0) is 39.4 Å². The van der Waals surface area contributed by atoms with Crippen molar-refractivity contribution in [3.63, 3.8) is 0 Å². The van der Waals surface area contributed by atoms with Crippen LogP contribution in [0.3, 0.4) is 0 Å². The van der Waals surface area contributed by atoms with Gasteiger partial charge in [-0.25, -0.2) is 0 Å². The zero-order valence-corrected chi connectivity index (χ0v) is 59.2. The van der Waals surface area contributed by atoms with Crippen LogP contribution in [0.1, 0.15) is 74.2 Å². The molecule has 14 aromatic rings. The van der Waals surface area contributed by atoms with Crippen LogP contribution in [-0.4, -0.2) is 27.9 Å². The number of pyridine rings is 3. The number of carbonyl (C=O) groups excluding carboxylic acids is 1. The SMILES string of the molecule is Cc1cccnc1-c1[c-]cc(N(C)C(=O)c2cc(-c3ccccc3-c3c[c-]c(-c4ccc5ccccc5n4)cc3-c3cccc(CC(C)C)c3)cc(-c3ccccc3-c3c[c-]c(-c4ccc5ccccc5n4)cc3-c3cccc(CC(C)C)c3)c2)c(-c2cccc(CC(C)C)c2)c1.[Ir+3]. The molecule has 0 N–H and O–H groups in total. The van der Waals surface area contributed by atoms with Crippen LogP contribution in [0.15, 0.2) is 267 Å². The van der Waals surface area contributed by atoms with Crippen molar-refractivity contribution in [2.45, 2.75) is 67.7 Å². The Bertz CT molecular complexity index is 5030. The van der Waals surface area contributed by atoms with E-state index >= 15 is 4.79 Å². The van der Waals surface area contributed by atoms with Gasteiger partial charge in [-0.3, -0.25) is 14.8 Å². The first-order valence-electron chi connectivity index (χ1n) is 34.0. The molecular formula is C92H77IrN4O. The number of aryl methyl sites for hydroxylation is 1. The minimum absolute atomic E-state index is 0. The van der Waals surface area contributed by atoms with Crippen molar-refractivity contribution in [3.05, 3.63) is 313 Å². The first kappa shape index (κ1) is 66.1. The Hall–Kier alpha value is -10.5. The third kappa shape index (κ3) is 14.2. The summed E-state index contributed by atoms with van der Waals surface area (Å²) in [4.78, 5) is 33.3. The summed E-state index contributed by atoms with van der Waals surface area (Å²) >= 11 is 0. The van der Waals surface area contributed by atoms with E-state index in [1.807, 2.05) is 42.4 Å². The second-order valence-electron chi connectivity index (χ2n) is 27.1. The second kappa shape index (κ2) is 29.1. The number of rotatable bonds is 18. The molecule has 0 unspecified atom stereocenters. The van der Waals surface area contributed by atoms with E-state index in [1.54, 1.807) is 0 Å². The molecule has 14 rings (SSSR count). The molecule has 5 nitrogen and oxygen atoms in total. The first-order chi connectivity index (χ1) is 47.2. The molecule has 6 heteroatoms. The molecular weight excluding hydrogens is 1370 g/mol. The normalized spacial score (nSPS) is 11.4. The predicted octanol–water partition coefficient (Wildman–Crippen LogP) is 23.4. The van der Waals surface area contributed by atoms with Gasteiger partial charge in [0, 0.05) is 18.8 Å². The monoisotopic (exact) mass is 1450 g/mol. The second-order valence-corrected chi connectivity index (χ2v) is 27.1. The van der Waals surface area contributed by atoms with Crippen LogP contribution in [0.5, 0.6) is 0 Å². The average Bonchev–Trinajstić information content (AvgIpc) is 0.771. The van der Waals surface area contributed by atoms with Crippen LogP contribution >= 0.6 is 0 Å². The number of carbonyl (C=O) groups is 1. The fraction of sp³-hybridized carbons (Fsp3) is 0.152. The van der Waals surface area contributed by atoms with E-state index in [4.69, 9.17) is 15.0 Å². The number of benzene rings is 11. The quantitative estimate of drug-likeness (QED) is 0.0804. The number of amides is 1. The summed E-state index contributed by atoms with van der Waals surface area (Å²) in [5.74, 6) is 1.24. The summed E-state index contributed by atoms with van der Waals surface area (Å²) in [5.41, 5.74) is 27.2. The molecule has 3 heterocycles. The maximum atomic E-state index is 16.3. The van der Waals surface area contributed by atoms with Gasteiger partial charge >= 0.3 is 20.1 Å². The third-order valence-corrected chi connectivity index (χ3v) is 18.4. The molecule has 480 valence electrons. The van der Waals surface area contributed by atoms with Crippen LogP contribution in [0, 0.1) is 42.9 Å². The largest absolute Gasteiger partial charge is 3.00 e. The Kier molecular flexibility index (Phi) is 19.6. The van der Waals surface area contributed by atoms with Crippen molar-refractivity contribution in [1.29, 1.82) is 0 Å². The zero-order chi connectivity index (χ0) is 66.7. The molecule has 1 amide bonds. The molecule has 3 aromatic heterocycles. The third-order valence-electron chi connectivity index (χ3n) is 18.4. The van der Waals surface area contributed by atoms with Crippen molar-refractivity contribution in [2.75, 3.05) is 11.9 Å². The number of para-hydroxylation sites is 2. The average molecular weight is 1450 g/mol. The minimum atomic E-state index is -0.167. The van der Waals surface area contributed by atoms with Crippen molar-refractivity contribution in [1.82, 2.24) is 15.0 Å². The Morgan fingerprint density at radius 3 is 1.29 bits per heavy atom. The smallest absolute Gasteiger partial charge is 0.351 e. The minimum Gasteiger partial charge on any atom is -0.351 e. The van der Waals surface area contributed by atoms with Crippen LogP contribution in [0.2, 0.25) is 0 Å². The van der Waals surface area contributed by atoms with Gasteiger partial charge in [0.25, 0.3) is 0 Å². The first-order valence-corrected chi connectivity index (χ1v) is 34.0. The predicted molar refractivity (Wildman–Crippen MR) is 405 cm³/mol. The zero-order valence-electron chi connectivity index (χ0n) is 56.8. The number of nitrogens with zero attached hydrogens (tertiary/aromatic N) is 4. The van der Waals surface area contributed by atoms with E-state index < -0.39 is 0 Å². The van der Waals surface area contributed by atoms with Crippen LogP contribution in [0.4, 0.5) is 5.69 Å². The molecule has 0 spiro atoms. The van der Waals surface area contributed by atoms with Gasteiger partial charge in [0.15, 0.2) is 0 Å². The Morgan fingerprint density at radius 1 is 0.388 bits per heavy atom. The molecule has 0 saturated heterocycles. The summed E-state index contributed by atoms with van der Waals surface area (Å²) in [6.45, 7) is 15.7. The number of anilines is 1. The summed E-state index contributed by atoms with van der Waals surface area (Å²) in [7, 11) is 1.90. The van der Waals surface area contributed by atoms with E-state index in [2.05, 4.69) is 303 Å². The van der Waals surface area contributed by atoms with E-state index in [0.29, 0.717) is 23.3 Å².